The SMILES string of the molecule is Cc1ccc(CCC(=O)NCC(O)CCC2CC2)c(C)c1. The molecule has 21 heavy (non-hydrogen) atoms. The van der Waals surface area contributed by atoms with Gasteiger partial charge in [-0.25, -0.2) is 0 Å². The highest BCUT2D eigenvalue weighted by atomic mass is 16.3. The van der Waals surface area contributed by atoms with Crippen LogP contribution in [-0.2, 0) is 11.2 Å². The molecule has 2 rings (SSSR count). The van der Waals surface area contributed by atoms with E-state index < -0.39 is 6.10 Å². The molecule has 1 aliphatic rings. The van der Waals surface area contributed by atoms with Gasteiger partial charge in [-0.05, 0) is 50.2 Å². The van der Waals surface area contributed by atoms with Crippen molar-refractivity contribution in [2.75, 3.05) is 6.54 Å². The molecule has 1 amide bonds. The Kier molecular flexibility index (Phi) is 5.80. The van der Waals surface area contributed by atoms with Crippen LogP contribution in [0.25, 0.3) is 0 Å². The van der Waals surface area contributed by atoms with Gasteiger partial charge in [0.2, 0.25) is 5.91 Å². The van der Waals surface area contributed by atoms with Gasteiger partial charge in [-0.15, -0.1) is 0 Å². The molecule has 1 saturated carbocycles. The number of aryl methyl sites for hydroxylation is 3. The number of carbonyl (C=O) groups excluding carboxylic acids is 1. The van der Waals surface area contributed by atoms with Gasteiger partial charge in [0.05, 0.1) is 6.10 Å². The maximum absolute atomic E-state index is 11.8. The van der Waals surface area contributed by atoms with Crippen LogP contribution in [0.15, 0.2) is 18.2 Å². The minimum Gasteiger partial charge on any atom is -0.391 e. The zero-order chi connectivity index (χ0) is 15.2. The number of hydrogen-bond donors (Lipinski definition) is 2. The molecule has 2 N–H and O–H groups in total. The molecule has 0 aliphatic heterocycles. The first kappa shape index (κ1) is 16.0. The van der Waals surface area contributed by atoms with E-state index in [4.69, 9.17) is 0 Å². The molecule has 1 aliphatic carbocycles. The molecule has 3 heteroatoms. The number of benzene rings is 1. The Labute approximate surface area is 127 Å². The fourth-order valence-corrected chi connectivity index (χ4v) is 2.63. The van der Waals surface area contributed by atoms with E-state index in [-0.39, 0.29) is 5.91 Å². The summed E-state index contributed by atoms with van der Waals surface area (Å²) in [6.45, 7) is 4.55. The first-order valence-electron chi connectivity index (χ1n) is 8.05. The second kappa shape index (κ2) is 7.60. The summed E-state index contributed by atoms with van der Waals surface area (Å²) in [4.78, 5) is 11.8. The topological polar surface area (TPSA) is 49.3 Å². The lowest BCUT2D eigenvalue weighted by molar-refractivity contribution is -0.121. The van der Waals surface area contributed by atoms with Crippen LogP contribution in [0.2, 0.25) is 0 Å². The molecule has 0 heterocycles. The number of rotatable bonds is 8. The molecule has 1 atom stereocenters. The molecule has 0 bridgehead atoms. The largest absolute Gasteiger partial charge is 0.391 e. The Hall–Kier alpha value is -1.35. The zero-order valence-electron chi connectivity index (χ0n) is 13.2. The third kappa shape index (κ3) is 5.88. The number of carbonyl (C=O) groups is 1. The Morgan fingerprint density at radius 2 is 2.14 bits per heavy atom. The summed E-state index contributed by atoms with van der Waals surface area (Å²) in [5, 5.41) is 12.7. The van der Waals surface area contributed by atoms with Crippen LogP contribution in [0.3, 0.4) is 0 Å². The monoisotopic (exact) mass is 289 g/mol. The van der Waals surface area contributed by atoms with Gasteiger partial charge in [-0.2, -0.15) is 0 Å². The first-order valence-corrected chi connectivity index (χ1v) is 8.05. The Morgan fingerprint density at radius 1 is 1.38 bits per heavy atom. The molecule has 0 aromatic heterocycles. The van der Waals surface area contributed by atoms with Crippen LogP contribution < -0.4 is 5.32 Å². The Morgan fingerprint density at radius 3 is 2.81 bits per heavy atom. The van der Waals surface area contributed by atoms with Crippen molar-refractivity contribution >= 4 is 5.91 Å². The van der Waals surface area contributed by atoms with Gasteiger partial charge in [-0.1, -0.05) is 36.6 Å². The lowest BCUT2D eigenvalue weighted by atomic mass is 10.0. The second-order valence-electron chi connectivity index (χ2n) is 6.41. The highest BCUT2D eigenvalue weighted by Gasteiger charge is 2.21. The van der Waals surface area contributed by atoms with Crippen LogP contribution in [0, 0.1) is 19.8 Å². The fourth-order valence-electron chi connectivity index (χ4n) is 2.63. The maximum atomic E-state index is 11.8. The molecular formula is C18H27NO2. The second-order valence-corrected chi connectivity index (χ2v) is 6.41. The van der Waals surface area contributed by atoms with E-state index in [9.17, 15) is 9.90 Å². The van der Waals surface area contributed by atoms with Gasteiger partial charge >= 0.3 is 0 Å². The summed E-state index contributed by atoms with van der Waals surface area (Å²) in [5.74, 6) is 0.861. The van der Waals surface area contributed by atoms with Gasteiger partial charge < -0.3 is 10.4 Å². The van der Waals surface area contributed by atoms with Crippen LogP contribution >= 0.6 is 0 Å². The number of amides is 1. The van der Waals surface area contributed by atoms with Crippen LogP contribution in [-0.4, -0.2) is 23.7 Å². The Bertz CT molecular complexity index is 480. The molecular weight excluding hydrogens is 262 g/mol. The molecule has 3 nitrogen and oxygen atoms in total. The predicted octanol–water partition coefficient (Wildman–Crippen LogP) is 2.90. The maximum Gasteiger partial charge on any atom is 0.220 e. The smallest absolute Gasteiger partial charge is 0.220 e. The van der Waals surface area contributed by atoms with Crippen molar-refractivity contribution in [1.82, 2.24) is 5.32 Å². The summed E-state index contributed by atoms with van der Waals surface area (Å²) in [6, 6.07) is 6.33. The lowest BCUT2D eigenvalue weighted by Crippen LogP contribution is -2.32. The predicted molar refractivity (Wildman–Crippen MR) is 85.2 cm³/mol. The molecule has 1 aromatic rings. The van der Waals surface area contributed by atoms with Crippen molar-refractivity contribution in [3.05, 3.63) is 34.9 Å². The quantitative estimate of drug-likeness (QED) is 0.773. The number of nitrogens with one attached hydrogen (secondary N) is 1. The van der Waals surface area contributed by atoms with E-state index in [2.05, 4.69) is 37.4 Å². The summed E-state index contributed by atoms with van der Waals surface area (Å²) < 4.78 is 0. The van der Waals surface area contributed by atoms with E-state index in [1.807, 2.05) is 0 Å². The summed E-state index contributed by atoms with van der Waals surface area (Å²) in [5.41, 5.74) is 3.72. The van der Waals surface area contributed by atoms with E-state index in [1.165, 1.54) is 29.5 Å². The fraction of sp³-hybridized carbons (Fsp3) is 0.611. The molecule has 0 spiro atoms. The standard InChI is InChI=1S/C18H27NO2/c1-13-3-7-16(14(2)11-13)8-10-18(21)19-12-17(20)9-6-15-4-5-15/h3,7,11,15,17,20H,4-6,8-10,12H2,1-2H3,(H,19,21). The minimum atomic E-state index is -0.393. The highest BCUT2D eigenvalue weighted by Crippen LogP contribution is 2.33. The molecule has 1 fully saturated rings. The molecule has 0 radical (unpaired) electrons. The molecule has 1 unspecified atom stereocenters. The minimum absolute atomic E-state index is 0.0282. The van der Waals surface area contributed by atoms with E-state index in [0.29, 0.717) is 13.0 Å². The summed E-state index contributed by atoms with van der Waals surface area (Å²) in [6.07, 6.45) is 5.39. The van der Waals surface area contributed by atoms with Crippen LogP contribution in [0.5, 0.6) is 0 Å². The van der Waals surface area contributed by atoms with Crippen molar-refractivity contribution in [1.29, 1.82) is 0 Å². The lowest BCUT2D eigenvalue weighted by Gasteiger charge is -2.12. The highest BCUT2D eigenvalue weighted by molar-refractivity contribution is 5.76. The van der Waals surface area contributed by atoms with Gasteiger partial charge in [-0.3, -0.25) is 4.79 Å². The van der Waals surface area contributed by atoms with Gasteiger partial charge in [0.15, 0.2) is 0 Å². The van der Waals surface area contributed by atoms with E-state index in [0.717, 1.165) is 25.2 Å². The third-order valence-corrected chi connectivity index (χ3v) is 4.26. The van der Waals surface area contributed by atoms with E-state index >= 15 is 0 Å². The first-order chi connectivity index (χ1) is 10.0. The number of hydrogen-bond acceptors (Lipinski definition) is 2. The average molecular weight is 289 g/mol. The van der Waals surface area contributed by atoms with Crippen LogP contribution in [0.4, 0.5) is 0 Å². The molecule has 1 aromatic carbocycles. The third-order valence-electron chi connectivity index (χ3n) is 4.26. The molecule has 116 valence electrons. The van der Waals surface area contributed by atoms with Gasteiger partial charge in [0, 0.05) is 13.0 Å². The van der Waals surface area contributed by atoms with E-state index in [1.54, 1.807) is 0 Å². The zero-order valence-corrected chi connectivity index (χ0v) is 13.2. The van der Waals surface area contributed by atoms with Crippen molar-refractivity contribution in [3.63, 3.8) is 0 Å². The van der Waals surface area contributed by atoms with Crippen molar-refractivity contribution in [3.8, 4) is 0 Å². The van der Waals surface area contributed by atoms with Crippen molar-refractivity contribution < 1.29 is 9.90 Å². The Balaban J connectivity index is 1.64. The van der Waals surface area contributed by atoms with Gasteiger partial charge in [0.25, 0.3) is 0 Å². The normalized spacial score (nSPS) is 15.8. The molecule has 0 saturated heterocycles. The van der Waals surface area contributed by atoms with Gasteiger partial charge in [0.1, 0.15) is 0 Å². The number of aliphatic hydroxyl groups excluding tert-OH is 1. The van der Waals surface area contributed by atoms with Crippen molar-refractivity contribution in [2.24, 2.45) is 5.92 Å². The van der Waals surface area contributed by atoms with Crippen molar-refractivity contribution in [2.45, 2.75) is 58.5 Å². The summed E-state index contributed by atoms with van der Waals surface area (Å²) in [7, 11) is 0. The summed E-state index contributed by atoms with van der Waals surface area (Å²) >= 11 is 0. The van der Waals surface area contributed by atoms with Crippen LogP contribution in [0.1, 0.15) is 48.8 Å². The number of aliphatic hydroxyl groups is 1. The average Bonchev–Trinajstić information content (AvgIpc) is 3.26.